The molecule has 1 rings (SSSR count). The molecule has 0 radical (unpaired) electrons. The van der Waals surface area contributed by atoms with Crippen molar-refractivity contribution in [2.24, 2.45) is 10.9 Å². The van der Waals surface area contributed by atoms with E-state index in [4.69, 9.17) is 0 Å². The second-order valence-electron chi connectivity index (χ2n) is 2.89. The van der Waals surface area contributed by atoms with Gasteiger partial charge in [0.05, 0.1) is 0 Å². The highest BCUT2D eigenvalue weighted by Gasteiger charge is 2.07. The van der Waals surface area contributed by atoms with Gasteiger partial charge in [-0.05, 0) is 18.4 Å². The Kier molecular flexibility index (Phi) is 3.52. The Labute approximate surface area is 74.2 Å². The van der Waals surface area contributed by atoms with Crippen molar-refractivity contribution in [3.05, 3.63) is 37.0 Å². The summed E-state index contributed by atoms with van der Waals surface area (Å²) in [7, 11) is 0. The fraction of sp³-hybridized carbons (Fsp3) is 0.364. The van der Waals surface area contributed by atoms with Gasteiger partial charge in [0.2, 0.25) is 0 Å². The van der Waals surface area contributed by atoms with Gasteiger partial charge in [0.15, 0.2) is 0 Å². The highest BCUT2D eigenvalue weighted by Crippen LogP contribution is 2.17. The van der Waals surface area contributed by atoms with E-state index in [0.29, 0.717) is 5.92 Å². The minimum absolute atomic E-state index is 0.409. The lowest BCUT2D eigenvalue weighted by atomic mass is 9.94. The molecule has 1 heteroatoms. The van der Waals surface area contributed by atoms with Crippen LogP contribution in [0.3, 0.4) is 0 Å². The molecule has 1 atom stereocenters. The number of hydrogen-bond acceptors (Lipinski definition) is 1. The first-order valence-electron chi connectivity index (χ1n) is 4.32. The van der Waals surface area contributed by atoms with Gasteiger partial charge in [-0.25, -0.2) is 0 Å². The smallest absolute Gasteiger partial charge is 0.0424 e. The van der Waals surface area contributed by atoms with Crippen molar-refractivity contribution < 1.29 is 0 Å². The van der Waals surface area contributed by atoms with Gasteiger partial charge in [0.25, 0.3) is 0 Å². The highest BCUT2D eigenvalue weighted by atomic mass is 14.7. The summed E-state index contributed by atoms with van der Waals surface area (Å²) in [6, 6.07) is 0. The zero-order chi connectivity index (χ0) is 8.81. The molecule has 0 saturated carbocycles. The SMILES string of the molecule is C=CCC(C=C)C1=CCCN=C1. The van der Waals surface area contributed by atoms with E-state index < -0.39 is 0 Å². The number of rotatable bonds is 4. The van der Waals surface area contributed by atoms with Crippen molar-refractivity contribution in [2.45, 2.75) is 12.8 Å². The van der Waals surface area contributed by atoms with Crippen molar-refractivity contribution >= 4 is 6.21 Å². The maximum Gasteiger partial charge on any atom is 0.0424 e. The second-order valence-corrected chi connectivity index (χ2v) is 2.89. The van der Waals surface area contributed by atoms with E-state index in [1.807, 2.05) is 18.4 Å². The second kappa shape index (κ2) is 4.70. The van der Waals surface area contributed by atoms with Gasteiger partial charge in [0, 0.05) is 18.7 Å². The molecule has 1 aliphatic heterocycles. The molecule has 0 saturated heterocycles. The van der Waals surface area contributed by atoms with Crippen molar-refractivity contribution in [1.82, 2.24) is 0 Å². The molecule has 0 aromatic carbocycles. The monoisotopic (exact) mass is 161 g/mol. The summed E-state index contributed by atoms with van der Waals surface area (Å²) in [5, 5.41) is 0. The summed E-state index contributed by atoms with van der Waals surface area (Å²) in [5.74, 6) is 0.409. The first-order chi connectivity index (χ1) is 5.88. The Morgan fingerprint density at radius 1 is 1.58 bits per heavy atom. The molecule has 1 nitrogen and oxygen atoms in total. The van der Waals surface area contributed by atoms with Crippen molar-refractivity contribution in [2.75, 3.05) is 6.54 Å². The van der Waals surface area contributed by atoms with E-state index in [9.17, 15) is 0 Å². The van der Waals surface area contributed by atoms with E-state index in [1.54, 1.807) is 0 Å². The van der Waals surface area contributed by atoms with Crippen LogP contribution in [0.5, 0.6) is 0 Å². The third-order valence-electron chi connectivity index (χ3n) is 2.01. The van der Waals surface area contributed by atoms with Gasteiger partial charge in [-0.3, -0.25) is 4.99 Å². The summed E-state index contributed by atoms with van der Waals surface area (Å²) in [6.45, 7) is 8.46. The van der Waals surface area contributed by atoms with Crippen molar-refractivity contribution in [3.63, 3.8) is 0 Å². The minimum atomic E-state index is 0.409. The summed E-state index contributed by atoms with van der Waals surface area (Å²) >= 11 is 0. The number of allylic oxidation sites excluding steroid dienone is 3. The van der Waals surface area contributed by atoms with Crippen LogP contribution in [0.25, 0.3) is 0 Å². The van der Waals surface area contributed by atoms with Crippen LogP contribution in [0.4, 0.5) is 0 Å². The fourth-order valence-corrected chi connectivity index (χ4v) is 1.32. The normalized spacial score (nSPS) is 18.2. The quantitative estimate of drug-likeness (QED) is 0.562. The van der Waals surface area contributed by atoms with Gasteiger partial charge >= 0.3 is 0 Å². The van der Waals surface area contributed by atoms with Crippen LogP contribution >= 0.6 is 0 Å². The van der Waals surface area contributed by atoms with Gasteiger partial charge in [-0.1, -0.05) is 18.2 Å². The first kappa shape index (κ1) is 8.98. The molecule has 0 bridgehead atoms. The Bertz CT molecular complexity index is 223. The molecule has 1 aliphatic rings. The molecule has 1 heterocycles. The molecule has 0 aromatic rings. The van der Waals surface area contributed by atoms with E-state index in [0.717, 1.165) is 19.4 Å². The van der Waals surface area contributed by atoms with Crippen LogP contribution in [0.2, 0.25) is 0 Å². The molecule has 64 valence electrons. The average Bonchev–Trinajstić information content (AvgIpc) is 2.15. The van der Waals surface area contributed by atoms with Crippen molar-refractivity contribution in [3.8, 4) is 0 Å². The third kappa shape index (κ3) is 2.19. The predicted molar refractivity (Wildman–Crippen MR) is 54.6 cm³/mol. The number of aliphatic imine (C=N–C) groups is 1. The lowest BCUT2D eigenvalue weighted by Gasteiger charge is -2.13. The predicted octanol–water partition coefficient (Wildman–Crippen LogP) is 2.77. The van der Waals surface area contributed by atoms with Gasteiger partial charge in [-0.15, -0.1) is 13.2 Å². The van der Waals surface area contributed by atoms with Crippen LogP contribution < -0.4 is 0 Å². The number of nitrogens with zero attached hydrogens (tertiary/aromatic N) is 1. The van der Waals surface area contributed by atoms with E-state index in [2.05, 4.69) is 24.2 Å². The van der Waals surface area contributed by atoms with E-state index >= 15 is 0 Å². The topological polar surface area (TPSA) is 12.4 Å². The van der Waals surface area contributed by atoms with Gasteiger partial charge in [0.1, 0.15) is 0 Å². The summed E-state index contributed by atoms with van der Waals surface area (Å²) < 4.78 is 0. The van der Waals surface area contributed by atoms with Gasteiger partial charge < -0.3 is 0 Å². The van der Waals surface area contributed by atoms with Crippen LogP contribution in [0, 0.1) is 5.92 Å². The Balaban J connectivity index is 2.63. The summed E-state index contributed by atoms with van der Waals surface area (Å²) in [4.78, 5) is 4.23. The average molecular weight is 161 g/mol. The Morgan fingerprint density at radius 2 is 2.42 bits per heavy atom. The largest absolute Gasteiger partial charge is 0.293 e. The van der Waals surface area contributed by atoms with Gasteiger partial charge in [-0.2, -0.15) is 0 Å². The molecule has 0 N–H and O–H groups in total. The Hall–Kier alpha value is -1.11. The van der Waals surface area contributed by atoms with Crippen LogP contribution in [-0.4, -0.2) is 12.8 Å². The fourth-order valence-electron chi connectivity index (χ4n) is 1.32. The third-order valence-corrected chi connectivity index (χ3v) is 2.01. The maximum absolute atomic E-state index is 4.23. The number of dihydropyridines is 1. The van der Waals surface area contributed by atoms with E-state index in [-0.39, 0.29) is 0 Å². The molecule has 0 aliphatic carbocycles. The molecule has 1 unspecified atom stereocenters. The first-order valence-corrected chi connectivity index (χ1v) is 4.32. The lowest BCUT2D eigenvalue weighted by molar-refractivity contribution is 0.794. The molecular weight excluding hydrogens is 146 g/mol. The molecule has 0 amide bonds. The summed E-state index contributed by atoms with van der Waals surface area (Å²) in [6.07, 6.45) is 10.1. The standard InChI is InChI=1S/C11H15N/c1-3-6-10(4-2)11-7-5-8-12-9-11/h3-4,7,9-10H,1-2,5-6,8H2. The lowest BCUT2D eigenvalue weighted by Crippen LogP contribution is -2.04. The van der Waals surface area contributed by atoms with Crippen molar-refractivity contribution in [1.29, 1.82) is 0 Å². The number of hydrogen-bond donors (Lipinski definition) is 0. The minimum Gasteiger partial charge on any atom is -0.293 e. The van der Waals surface area contributed by atoms with Crippen LogP contribution in [-0.2, 0) is 0 Å². The Morgan fingerprint density at radius 3 is 2.92 bits per heavy atom. The molecule has 0 fully saturated rings. The molecule has 0 spiro atoms. The molecule has 0 aromatic heterocycles. The van der Waals surface area contributed by atoms with Crippen LogP contribution in [0.1, 0.15) is 12.8 Å². The highest BCUT2D eigenvalue weighted by molar-refractivity contribution is 5.80. The zero-order valence-electron chi connectivity index (χ0n) is 7.37. The maximum atomic E-state index is 4.23. The van der Waals surface area contributed by atoms with E-state index in [1.165, 1.54) is 5.57 Å². The van der Waals surface area contributed by atoms with Crippen LogP contribution in [0.15, 0.2) is 42.0 Å². The molecule has 12 heavy (non-hydrogen) atoms. The summed E-state index contributed by atoms with van der Waals surface area (Å²) in [5.41, 5.74) is 1.29. The zero-order valence-corrected chi connectivity index (χ0v) is 7.37. The molecular formula is C11H15N.